The second-order valence-corrected chi connectivity index (χ2v) is 7.22. The zero-order chi connectivity index (χ0) is 19.1. The highest BCUT2D eigenvalue weighted by atomic mass is 32.1. The predicted molar refractivity (Wildman–Crippen MR) is 110 cm³/mol. The lowest BCUT2D eigenvalue weighted by atomic mass is 10.2. The van der Waals surface area contributed by atoms with Crippen LogP contribution in [0, 0.1) is 0 Å². The van der Waals surface area contributed by atoms with E-state index in [0.29, 0.717) is 17.5 Å². The first-order chi connectivity index (χ1) is 13.2. The van der Waals surface area contributed by atoms with Crippen molar-refractivity contribution in [3.63, 3.8) is 0 Å². The lowest BCUT2D eigenvalue weighted by Crippen LogP contribution is -2.19. The molecule has 0 radical (unpaired) electrons. The Labute approximate surface area is 163 Å². The molecule has 1 heterocycles. The molecule has 6 heteroatoms. The van der Waals surface area contributed by atoms with E-state index in [2.05, 4.69) is 24.1 Å². The summed E-state index contributed by atoms with van der Waals surface area (Å²) >= 11 is 1.43. The first kappa shape index (κ1) is 19.2. The third-order valence-electron chi connectivity index (χ3n) is 4.07. The fourth-order valence-corrected chi connectivity index (χ4v) is 3.42. The van der Waals surface area contributed by atoms with Gasteiger partial charge in [-0.1, -0.05) is 43.7 Å². The molecule has 1 N–H and O–H groups in total. The Bertz CT molecular complexity index is 890. The van der Waals surface area contributed by atoms with E-state index < -0.39 is 0 Å². The predicted octanol–water partition coefficient (Wildman–Crippen LogP) is 5.06. The molecular formula is C21H24N2O3S. The van der Waals surface area contributed by atoms with Crippen LogP contribution in [0.15, 0.2) is 42.5 Å². The molecule has 0 aliphatic heterocycles. The minimum Gasteiger partial charge on any atom is -0.494 e. The standard InChI is InChI=1S/C21H24N2O3S/c1-3-5-12-25-17-10-11-18-19(13-17)27-21(22-18)23-20(24)14-26-16-8-6-15(4-2)7-9-16/h6-11,13H,3-5,12,14H2,1-2H3,(H,22,23,24). The number of nitrogens with one attached hydrogen (secondary N) is 1. The quantitative estimate of drug-likeness (QED) is 0.524. The third-order valence-corrected chi connectivity index (χ3v) is 5.01. The smallest absolute Gasteiger partial charge is 0.264 e. The number of anilines is 1. The molecule has 142 valence electrons. The molecule has 27 heavy (non-hydrogen) atoms. The second kappa shape index (κ2) is 9.37. The van der Waals surface area contributed by atoms with E-state index in [1.807, 2.05) is 42.5 Å². The molecule has 5 nitrogen and oxygen atoms in total. The maximum Gasteiger partial charge on any atom is 0.264 e. The lowest BCUT2D eigenvalue weighted by Gasteiger charge is -2.06. The largest absolute Gasteiger partial charge is 0.494 e. The molecule has 0 aliphatic carbocycles. The Kier molecular flexibility index (Phi) is 6.65. The minimum absolute atomic E-state index is 0.0488. The Morgan fingerprint density at radius 3 is 2.59 bits per heavy atom. The summed E-state index contributed by atoms with van der Waals surface area (Å²) in [6, 6.07) is 13.5. The average Bonchev–Trinajstić information content (AvgIpc) is 3.08. The van der Waals surface area contributed by atoms with Gasteiger partial charge in [-0.25, -0.2) is 4.98 Å². The summed E-state index contributed by atoms with van der Waals surface area (Å²) in [6.45, 7) is 4.89. The summed E-state index contributed by atoms with van der Waals surface area (Å²) in [5, 5.41) is 3.36. The van der Waals surface area contributed by atoms with Crippen molar-refractivity contribution in [1.29, 1.82) is 0 Å². The van der Waals surface area contributed by atoms with Gasteiger partial charge in [-0.3, -0.25) is 10.1 Å². The van der Waals surface area contributed by atoms with Crippen LogP contribution in [0.25, 0.3) is 10.2 Å². The Balaban J connectivity index is 1.55. The summed E-state index contributed by atoms with van der Waals surface area (Å²) in [5.74, 6) is 1.28. The number of unbranched alkanes of at least 4 members (excludes halogenated alkanes) is 1. The molecule has 2 aromatic carbocycles. The summed E-state index contributed by atoms with van der Waals surface area (Å²) in [5.41, 5.74) is 2.08. The monoisotopic (exact) mass is 384 g/mol. The Morgan fingerprint density at radius 1 is 1.07 bits per heavy atom. The van der Waals surface area contributed by atoms with Gasteiger partial charge in [-0.05, 0) is 48.7 Å². The number of fused-ring (bicyclic) bond motifs is 1. The molecule has 3 rings (SSSR count). The van der Waals surface area contributed by atoms with Crippen LogP contribution in [0.3, 0.4) is 0 Å². The van der Waals surface area contributed by atoms with Crippen LogP contribution in [-0.2, 0) is 11.2 Å². The molecule has 1 aromatic heterocycles. The summed E-state index contributed by atoms with van der Waals surface area (Å²) in [7, 11) is 0. The van der Waals surface area contributed by atoms with Crippen molar-refractivity contribution in [2.24, 2.45) is 0 Å². The van der Waals surface area contributed by atoms with Gasteiger partial charge in [0.05, 0.1) is 16.8 Å². The van der Waals surface area contributed by atoms with E-state index in [1.54, 1.807) is 0 Å². The Morgan fingerprint density at radius 2 is 1.85 bits per heavy atom. The van der Waals surface area contributed by atoms with Crippen molar-refractivity contribution in [3.8, 4) is 11.5 Å². The molecule has 3 aromatic rings. The number of nitrogens with zero attached hydrogens (tertiary/aromatic N) is 1. The van der Waals surface area contributed by atoms with E-state index >= 15 is 0 Å². The highest BCUT2D eigenvalue weighted by molar-refractivity contribution is 7.22. The normalized spacial score (nSPS) is 10.7. The van der Waals surface area contributed by atoms with Gasteiger partial charge in [-0.2, -0.15) is 0 Å². The number of carbonyl (C=O) groups is 1. The molecule has 0 spiro atoms. The highest BCUT2D eigenvalue weighted by Crippen LogP contribution is 2.29. The van der Waals surface area contributed by atoms with E-state index in [0.717, 1.165) is 35.2 Å². The number of carbonyl (C=O) groups excluding carboxylic acids is 1. The van der Waals surface area contributed by atoms with Crippen molar-refractivity contribution >= 4 is 32.6 Å². The number of amides is 1. The summed E-state index contributed by atoms with van der Waals surface area (Å²) in [6.07, 6.45) is 3.11. The van der Waals surface area contributed by atoms with Crippen molar-refractivity contribution in [3.05, 3.63) is 48.0 Å². The number of rotatable bonds is 9. The van der Waals surface area contributed by atoms with Crippen LogP contribution < -0.4 is 14.8 Å². The van der Waals surface area contributed by atoms with Gasteiger partial charge in [-0.15, -0.1) is 0 Å². The van der Waals surface area contributed by atoms with Crippen LogP contribution in [0.2, 0.25) is 0 Å². The van der Waals surface area contributed by atoms with Gasteiger partial charge in [0, 0.05) is 0 Å². The molecule has 0 saturated carbocycles. The zero-order valence-electron chi connectivity index (χ0n) is 15.7. The van der Waals surface area contributed by atoms with Crippen molar-refractivity contribution in [1.82, 2.24) is 4.98 Å². The molecular weight excluding hydrogens is 360 g/mol. The molecule has 0 unspecified atom stereocenters. The zero-order valence-corrected chi connectivity index (χ0v) is 16.5. The van der Waals surface area contributed by atoms with Gasteiger partial charge in [0.15, 0.2) is 11.7 Å². The van der Waals surface area contributed by atoms with E-state index in [4.69, 9.17) is 9.47 Å². The van der Waals surface area contributed by atoms with Gasteiger partial charge >= 0.3 is 0 Å². The number of benzene rings is 2. The number of thiazole rings is 1. The van der Waals surface area contributed by atoms with Crippen molar-refractivity contribution in [2.45, 2.75) is 33.1 Å². The first-order valence-electron chi connectivity index (χ1n) is 9.23. The van der Waals surface area contributed by atoms with Gasteiger partial charge < -0.3 is 9.47 Å². The fraction of sp³-hybridized carbons (Fsp3) is 0.333. The highest BCUT2D eigenvalue weighted by Gasteiger charge is 2.09. The van der Waals surface area contributed by atoms with Crippen LogP contribution in [-0.4, -0.2) is 24.1 Å². The van der Waals surface area contributed by atoms with E-state index in [-0.39, 0.29) is 12.5 Å². The topological polar surface area (TPSA) is 60.5 Å². The number of hydrogen-bond acceptors (Lipinski definition) is 5. The Hall–Kier alpha value is -2.60. The van der Waals surface area contributed by atoms with E-state index in [1.165, 1.54) is 16.9 Å². The van der Waals surface area contributed by atoms with Gasteiger partial charge in [0.25, 0.3) is 5.91 Å². The SMILES string of the molecule is CCCCOc1ccc2nc(NC(=O)COc3ccc(CC)cc3)sc2c1. The number of aromatic nitrogens is 1. The maximum atomic E-state index is 12.1. The number of ether oxygens (including phenoxy) is 2. The summed E-state index contributed by atoms with van der Waals surface area (Å²) < 4.78 is 12.2. The fourth-order valence-electron chi connectivity index (χ4n) is 2.51. The molecule has 0 saturated heterocycles. The van der Waals surface area contributed by atoms with Crippen molar-refractivity contribution < 1.29 is 14.3 Å². The molecule has 0 fully saturated rings. The summed E-state index contributed by atoms with van der Waals surface area (Å²) in [4.78, 5) is 16.6. The molecule has 0 atom stereocenters. The van der Waals surface area contributed by atoms with Gasteiger partial charge in [0.1, 0.15) is 11.5 Å². The van der Waals surface area contributed by atoms with Gasteiger partial charge in [0.2, 0.25) is 0 Å². The van der Waals surface area contributed by atoms with E-state index in [9.17, 15) is 4.79 Å². The van der Waals surface area contributed by atoms with Crippen LogP contribution in [0.4, 0.5) is 5.13 Å². The lowest BCUT2D eigenvalue weighted by molar-refractivity contribution is -0.118. The molecule has 0 aliphatic rings. The second-order valence-electron chi connectivity index (χ2n) is 6.18. The van der Waals surface area contributed by atoms with Crippen LogP contribution in [0.1, 0.15) is 32.3 Å². The maximum absolute atomic E-state index is 12.1. The van der Waals surface area contributed by atoms with Crippen LogP contribution >= 0.6 is 11.3 Å². The molecule has 1 amide bonds. The van der Waals surface area contributed by atoms with Crippen molar-refractivity contribution in [2.75, 3.05) is 18.5 Å². The minimum atomic E-state index is -0.229. The third kappa shape index (κ3) is 5.44. The first-order valence-corrected chi connectivity index (χ1v) is 10.0. The van der Waals surface area contributed by atoms with Crippen LogP contribution in [0.5, 0.6) is 11.5 Å². The number of aryl methyl sites for hydroxylation is 1. The number of hydrogen-bond donors (Lipinski definition) is 1. The average molecular weight is 385 g/mol. The molecule has 0 bridgehead atoms.